The molecule has 132 valence electrons. The van der Waals surface area contributed by atoms with Crippen molar-refractivity contribution < 1.29 is 33.8 Å². The van der Waals surface area contributed by atoms with Gasteiger partial charge >= 0.3 is 15.2 Å². The van der Waals surface area contributed by atoms with E-state index in [9.17, 15) is 14.2 Å². The average Bonchev–Trinajstić information content (AvgIpc) is 2.90. The standard InChI is InChI=1S/C13H18N2O7P2/c16-13(23(17,18)19,24(20,21)22)7-6-12-14-8-9-15(12)10-11-4-2-1-3-5-11/h1-5,8-9,16H,6-7,10H2,(H2,17,18,19)(H2,20,21,22). The van der Waals surface area contributed by atoms with Gasteiger partial charge in [0, 0.05) is 31.8 Å². The summed E-state index contributed by atoms with van der Waals surface area (Å²) in [5.74, 6) is 0.346. The molecule has 0 bridgehead atoms. The summed E-state index contributed by atoms with van der Waals surface area (Å²) in [6.07, 6.45) is 2.06. The zero-order valence-electron chi connectivity index (χ0n) is 12.5. The molecule has 0 amide bonds. The highest BCUT2D eigenvalue weighted by atomic mass is 31.2. The third-order valence-electron chi connectivity index (χ3n) is 3.61. The van der Waals surface area contributed by atoms with Crippen molar-refractivity contribution in [2.24, 2.45) is 0 Å². The van der Waals surface area contributed by atoms with Gasteiger partial charge < -0.3 is 29.2 Å². The normalized spacial score (nSPS) is 13.2. The van der Waals surface area contributed by atoms with Crippen LogP contribution >= 0.6 is 15.2 Å². The molecule has 0 saturated heterocycles. The smallest absolute Gasteiger partial charge is 0.368 e. The molecule has 0 radical (unpaired) electrons. The molecule has 1 aromatic carbocycles. The van der Waals surface area contributed by atoms with E-state index in [1.54, 1.807) is 10.8 Å². The van der Waals surface area contributed by atoms with Gasteiger partial charge in [-0.1, -0.05) is 30.3 Å². The van der Waals surface area contributed by atoms with Gasteiger partial charge in [-0.15, -0.1) is 0 Å². The van der Waals surface area contributed by atoms with Crippen LogP contribution in [0.25, 0.3) is 0 Å². The lowest BCUT2D eigenvalue weighted by molar-refractivity contribution is 0.122. The summed E-state index contributed by atoms with van der Waals surface area (Å²) in [6, 6.07) is 9.33. The van der Waals surface area contributed by atoms with Crippen molar-refractivity contribution in [3.05, 3.63) is 54.1 Å². The van der Waals surface area contributed by atoms with Crippen LogP contribution in [0.1, 0.15) is 17.8 Å². The van der Waals surface area contributed by atoms with Crippen LogP contribution in [0, 0.1) is 0 Å². The molecule has 0 spiro atoms. The second-order valence-corrected chi connectivity index (χ2v) is 9.33. The van der Waals surface area contributed by atoms with E-state index >= 15 is 0 Å². The van der Waals surface area contributed by atoms with Gasteiger partial charge in [-0.25, -0.2) is 4.98 Å². The molecular weight excluding hydrogens is 358 g/mol. The van der Waals surface area contributed by atoms with Crippen LogP contribution in [-0.2, 0) is 22.1 Å². The fourth-order valence-electron chi connectivity index (χ4n) is 2.23. The lowest BCUT2D eigenvalue weighted by Crippen LogP contribution is -2.29. The van der Waals surface area contributed by atoms with E-state index in [-0.39, 0.29) is 6.42 Å². The zero-order chi connectivity index (χ0) is 18.0. The van der Waals surface area contributed by atoms with Crippen molar-refractivity contribution in [3.63, 3.8) is 0 Å². The highest BCUT2D eigenvalue weighted by molar-refractivity contribution is 7.72. The second-order valence-electron chi connectivity index (χ2n) is 5.32. The van der Waals surface area contributed by atoms with E-state index in [4.69, 9.17) is 19.6 Å². The van der Waals surface area contributed by atoms with Gasteiger partial charge in [0.25, 0.3) is 5.08 Å². The van der Waals surface area contributed by atoms with Gasteiger partial charge in [-0.05, 0) is 5.56 Å². The number of hydrogen-bond donors (Lipinski definition) is 5. The molecule has 1 aromatic heterocycles. The average molecular weight is 376 g/mol. The molecule has 0 aliphatic heterocycles. The molecule has 0 saturated carbocycles. The molecule has 5 N–H and O–H groups in total. The molecule has 0 aliphatic rings. The first-order valence-electron chi connectivity index (χ1n) is 6.92. The summed E-state index contributed by atoms with van der Waals surface area (Å²) in [4.78, 5) is 40.6. The minimum atomic E-state index is -5.45. The van der Waals surface area contributed by atoms with Crippen molar-refractivity contribution in [1.82, 2.24) is 9.55 Å². The van der Waals surface area contributed by atoms with E-state index in [1.807, 2.05) is 30.3 Å². The molecule has 9 nitrogen and oxygen atoms in total. The summed E-state index contributed by atoms with van der Waals surface area (Å²) < 4.78 is 24.4. The maximum Gasteiger partial charge on any atom is 0.369 e. The molecule has 2 aromatic rings. The Balaban J connectivity index is 2.19. The molecular formula is C13H18N2O7P2. The molecule has 0 aliphatic carbocycles. The first-order chi connectivity index (χ1) is 11.0. The van der Waals surface area contributed by atoms with E-state index in [0.717, 1.165) is 5.56 Å². The lowest BCUT2D eigenvalue weighted by Gasteiger charge is -2.29. The second kappa shape index (κ2) is 6.90. The third kappa shape index (κ3) is 4.02. The lowest BCUT2D eigenvalue weighted by atomic mass is 10.2. The number of hydrogen-bond acceptors (Lipinski definition) is 4. The van der Waals surface area contributed by atoms with Crippen molar-refractivity contribution in [2.45, 2.75) is 24.5 Å². The number of rotatable bonds is 7. The SMILES string of the molecule is O=P(O)(O)C(O)(CCc1nccn1Cc1ccccc1)P(=O)(O)O. The Morgan fingerprint density at radius 1 is 1.04 bits per heavy atom. The predicted octanol–water partition coefficient (Wildman–Crippen LogP) is 0.865. The Hall–Kier alpha value is -1.31. The van der Waals surface area contributed by atoms with Crippen LogP contribution in [0.5, 0.6) is 0 Å². The Bertz CT molecular complexity index is 759. The summed E-state index contributed by atoms with van der Waals surface area (Å²) >= 11 is 0. The molecule has 11 heteroatoms. The monoisotopic (exact) mass is 376 g/mol. The molecule has 2 rings (SSSR count). The van der Waals surface area contributed by atoms with E-state index in [0.29, 0.717) is 12.4 Å². The highest BCUT2D eigenvalue weighted by Crippen LogP contribution is 2.69. The molecule has 24 heavy (non-hydrogen) atoms. The van der Waals surface area contributed by atoms with Gasteiger partial charge in [0.1, 0.15) is 5.82 Å². The van der Waals surface area contributed by atoms with Crippen molar-refractivity contribution >= 4 is 15.2 Å². The minimum absolute atomic E-state index is 0.216. The van der Waals surface area contributed by atoms with Gasteiger partial charge in [-0.2, -0.15) is 0 Å². The Morgan fingerprint density at radius 3 is 2.17 bits per heavy atom. The van der Waals surface area contributed by atoms with Crippen LogP contribution in [-0.4, -0.2) is 39.3 Å². The quantitative estimate of drug-likeness (QED) is 0.446. The van der Waals surface area contributed by atoms with Gasteiger partial charge in [0.2, 0.25) is 0 Å². The molecule has 0 fully saturated rings. The van der Waals surface area contributed by atoms with E-state index in [1.165, 1.54) is 6.20 Å². The van der Waals surface area contributed by atoms with Crippen molar-refractivity contribution in [1.29, 1.82) is 0 Å². The minimum Gasteiger partial charge on any atom is -0.368 e. The predicted molar refractivity (Wildman–Crippen MR) is 85.1 cm³/mol. The molecule has 1 heterocycles. The maximum atomic E-state index is 11.4. The summed E-state index contributed by atoms with van der Waals surface area (Å²) in [7, 11) is -10.9. The van der Waals surface area contributed by atoms with Gasteiger partial charge in [0.15, 0.2) is 0 Å². The van der Waals surface area contributed by atoms with Gasteiger partial charge in [-0.3, -0.25) is 9.13 Å². The van der Waals surface area contributed by atoms with Crippen LogP contribution in [0.15, 0.2) is 42.7 Å². The van der Waals surface area contributed by atoms with E-state index in [2.05, 4.69) is 4.98 Å². The largest absolute Gasteiger partial charge is 0.369 e. The van der Waals surface area contributed by atoms with Crippen LogP contribution < -0.4 is 0 Å². The number of aryl methyl sites for hydroxylation is 1. The van der Waals surface area contributed by atoms with Gasteiger partial charge in [0.05, 0.1) is 0 Å². The fraction of sp³-hybridized carbons (Fsp3) is 0.308. The summed E-state index contributed by atoms with van der Waals surface area (Å²) in [5, 5.41) is 6.47. The third-order valence-corrected chi connectivity index (χ3v) is 7.49. The zero-order valence-corrected chi connectivity index (χ0v) is 14.3. The van der Waals surface area contributed by atoms with Crippen LogP contribution in [0.4, 0.5) is 0 Å². The fourth-order valence-corrected chi connectivity index (χ4v) is 4.40. The number of aromatic nitrogens is 2. The van der Waals surface area contributed by atoms with Crippen molar-refractivity contribution in [3.8, 4) is 0 Å². The number of imidazole rings is 1. The first-order valence-corrected chi connectivity index (χ1v) is 10.1. The Morgan fingerprint density at radius 2 is 1.62 bits per heavy atom. The molecule has 0 unspecified atom stereocenters. The van der Waals surface area contributed by atoms with Crippen molar-refractivity contribution in [2.75, 3.05) is 0 Å². The number of benzene rings is 1. The van der Waals surface area contributed by atoms with Crippen LogP contribution in [0.3, 0.4) is 0 Å². The summed E-state index contributed by atoms with van der Waals surface area (Å²) in [5.41, 5.74) is 0.956. The van der Waals surface area contributed by atoms with Crippen LogP contribution in [0.2, 0.25) is 0 Å². The van der Waals surface area contributed by atoms with E-state index < -0.39 is 26.7 Å². The molecule has 0 atom stereocenters. The highest BCUT2D eigenvalue weighted by Gasteiger charge is 2.58. The topological polar surface area (TPSA) is 153 Å². The first kappa shape index (κ1) is 19.0. The summed E-state index contributed by atoms with van der Waals surface area (Å²) in [6.45, 7) is 0.431. The number of aliphatic hydroxyl groups is 1. The Kier molecular flexibility index (Phi) is 5.47. The number of nitrogens with zero attached hydrogens (tertiary/aromatic N) is 2. The maximum absolute atomic E-state index is 11.4. The Labute approximate surface area is 137 Å².